The summed E-state index contributed by atoms with van der Waals surface area (Å²) in [6.45, 7) is 13.4. The van der Waals surface area contributed by atoms with E-state index in [1.54, 1.807) is 103 Å². The summed E-state index contributed by atoms with van der Waals surface area (Å²) in [7, 11) is 2.87. The summed E-state index contributed by atoms with van der Waals surface area (Å²) < 4.78 is 10.9. The van der Waals surface area contributed by atoms with Crippen LogP contribution >= 0.6 is 0 Å². The molecule has 2 saturated heterocycles. The number of nitrogens with zero attached hydrogens (tertiary/aromatic N) is 1. The minimum atomic E-state index is -1.87. The number of likely N-dealkylation sites (tertiary alicyclic amines) is 1. The van der Waals surface area contributed by atoms with E-state index in [1.807, 2.05) is 0 Å². The van der Waals surface area contributed by atoms with Crippen molar-refractivity contribution in [1.29, 1.82) is 0 Å². The second-order valence-corrected chi connectivity index (χ2v) is 13.6. The maximum atomic E-state index is 12.9. The number of hydrogen-bond donors (Lipinski definition) is 6. The molecule has 2 aliphatic rings. The molecule has 6 N–H and O–H groups in total. The molecule has 13 heteroatoms. The van der Waals surface area contributed by atoms with E-state index >= 15 is 0 Å². The minimum Gasteiger partial charge on any atom is -0.595 e. The Bertz CT molecular complexity index is 1400. The highest BCUT2D eigenvalue weighted by molar-refractivity contribution is 5.99. The van der Waals surface area contributed by atoms with Gasteiger partial charge in [0.2, 0.25) is 17.4 Å². The molecule has 0 radical (unpaired) electrons. The summed E-state index contributed by atoms with van der Waals surface area (Å²) in [4.78, 5) is 39.8. The normalized spacial score (nSPS) is 28.7. The molecule has 0 aliphatic carbocycles. The van der Waals surface area contributed by atoms with E-state index in [1.165, 1.54) is 26.0 Å². The number of allylic oxidation sites excluding steroid dienone is 9. The number of ether oxygens (including phenoxy) is 2. The van der Waals surface area contributed by atoms with Crippen molar-refractivity contribution >= 4 is 17.8 Å². The van der Waals surface area contributed by atoms with Crippen LogP contribution in [-0.2, 0) is 23.9 Å². The second-order valence-electron chi connectivity index (χ2n) is 13.6. The van der Waals surface area contributed by atoms with E-state index in [-0.39, 0.29) is 30.5 Å². The molecule has 1 spiro atoms. The van der Waals surface area contributed by atoms with E-state index in [4.69, 9.17) is 14.7 Å². The Kier molecular flexibility index (Phi) is 14.5. The van der Waals surface area contributed by atoms with Gasteiger partial charge in [0.1, 0.15) is 17.4 Å². The molecule has 13 nitrogen and oxygen atoms in total. The maximum absolute atomic E-state index is 12.9. The number of hydrogen-bond acceptors (Lipinski definition) is 10. The monoisotopic (exact) mass is 689 g/mol. The number of nitrogens with one attached hydrogen (secondary N) is 2. The maximum Gasteiger partial charge on any atom is 0.339 e. The second kappa shape index (κ2) is 17.0. The quantitative estimate of drug-likeness (QED) is 0.0789. The van der Waals surface area contributed by atoms with Gasteiger partial charge in [0, 0.05) is 33.2 Å². The van der Waals surface area contributed by atoms with Crippen LogP contribution in [0.15, 0.2) is 71.5 Å². The number of amides is 2. The molecule has 2 fully saturated rings. The molecule has 274 valence electrons. The molecular weight excluding hydrogens is 634 g/mol. The Labute approximate surface area is 289 Å². The fourth-order valence-corrected chi connectivity index (χ4v) is 6.49. The summed E-state index contributed by atoms with van der Waals surface area (Å²) in [5.74, 6) is -2.80. The zero-order valence-corrected chi connectivity index (χ0v) is 30.3. The van der Waals surface area contributed by atoms with Crippen LogP contribution in [0.25, 0.3) is 0 Å². The van der Waals surface area contributed by atoms with E-state index in [9.17, 15) is 34.9 Å². The fraction of sp³-hybridized carbons (Fsp3) is 0.583. The van der Waals surface area contributed by atoms with Crippen molar-refractivity contribution in [1.82, 2.24) is 10.2 Å². The third-order valence-corrected chi connectivity index (χ3v) is 10.1. The lowest BCUT2D eigenvalue weighted by Crippen LogP contribution is -3.02. The Morgan fingerprint density at radius 1 is 1.14 bits per heavy atom. The first-order chi connectivity index (χ1) is 22.7. The number of quaternary nitrogens is 1. The summed E-state index contributed by atoms with van der Waals surface area (Å²) >= 11 is 0. The number of rotatable bonds is 16. The van der Waals surface area contributed by atoms with E-state index in [0.717, 1.165) is 0 Å². The molecule has 0 saturated carbocycles. The molecule has 2 rings (SSSR count). The molecule has 2 aliphatic heterocycles. The number of carbonyl (C=O) groups is 3. The zero-order valence-electron chi connectivity index (χ0n) is 30.3. The topological polar surface area (TPSA) is 193 Å². The predicted molar refractivity (Wildman–Crippen MR) is 183 cm³/mol. The largest absolute Gasteiger partial charge is 0.595 e. The van der Waals surface area contributed by atoms with Gasteiger partial charge in [-0.3, -0.25) is 9.59 Å². The van der Waals surface area contributed by atoms with Gasteiger partial charge in [0.15, 0.2) is 0 Å². The first-order valence-electron chi connectivity index (χ1n) is 16.4. The van der Waals surface area contributed by atoms with Crippen LogP contribution in [-0.4, -0.2) is 99.5 Å². The summed E-state index contributed by atoms with van der Waals surface area (Å²) in [5.41, 5.74) is -3.14. The van der Waals surface area contributed by atoms with Crippen molar-refractivity contribution in [2.75, 3.05) is 20.7 Å². The summed E-state index contributed by atoms with van der Waals surface area (Å²) in [6.07, 6.45) is 11.4. The van der Waals surface area contributed by atoms with Crippen LogP contribution in [0.4, 0.5) is 0 Å². The zero-order chi connectivity index (χ0) is 37.5. The highest BCUT2D eigenvalue weighted by atomic mass is 16.8. The molecule has 0 aromatic heterocycles. The number of carbonyl (C=O) groups excluding carboxylic acids is 3. The summed E-state index contributed by atoms with van der Waals surface area (Å²) in [6, 6.07) is 0. The molecular formula is C36H55N3O10. The van der Waals surface area contributed by atoms with Gasteiger partial charge in [0.05, 0.1) is 29.6 Å². The Balaban J connectivity index is 1.94. The Morgan fingerprint density at radius 3 is 2.33 bits per heavy atom. The van der Waals surface area contributed by atoms with Crippen molar-refractivity contribution in [3.63, 3.8) is 0 Å². The number of likely N-dealkylation sites (N-methyl/N-ethyl adjacent to an activating group) is 1. The van der Waals surface area contributed by atoms with Gasteiger partial charge in [-0.15, -0.1) is 0 Å². The lowest BCUT2D eigenvalue weighted by molar-refractivity contribution is -1.01. The smallest absolute Gasteiger partial charge is 0.339 e. The average Bonchev–Trinajstić information content (AvgIpc) is 3.22. The van der Waals surface area contributed by atoms with E-state index < -0.39 is 64.0 Å². The van der Waals surface area contributed by atoms with Gasteiger partial charge in [0.25, 0.3) is 0 Å². The number of aliphatic hydroxyl groups is 3. The predicted octanol–water partition coefficient (Wildman–Crippen LogP) is 1.65. The number of methoxy groups -OCH3 is 1. The van der Waals surface area contributed by atoms with Crippen LogP contribution in [0.2, 0.25) is 0 Å². The van der Waals surface area contributed by atoms with Crippen molar-refractivity contribution < 1.29 is 49.6 Å². The van der Waals surface area contributed by atoms with Gasteiger partial charge >= 0.3 is 5.97 Å². The van der Waals surface area contributed by atoms with Gasteiger partial charge in [-0.1, -0.05) is 68.5 Å². The minimum absolute atomic E-state index is 0.146. The SMILES string of the molecule is CO[C@@H](C[C@@H](C)[C@@H](O)/C=C/C=C/CNC(=O)C(C)(C)[C@H](O)\C(C)=C/C=C/C=C/C(C)=C(\C)[NH+]([O-])O)[C@]1(O)[C@@H](C)C(=O)N(C)[C@]12C(=O)O[C@@H]2C. The number of esters is 1. The molecule has 0 aromatic rings. The van der Waals surface area contributed by atoms with Crippen LogP contribution < -0.4 is 10.5 Å². The summed E-state index contributed by atoms with van der Waals surface area (Å²) in [5, 5.41) is 55.5. The van der Waals surface area contributed by atoms with Gasteiger partial charge in [-0.25, -0.2) is 10.0 Å². The standard InChI is InChI=1S/C36H55N3O10/c1-22(26(5)39(46)47)17-13-11-14-18-23(2)30(41)34(7,8)32(43)37-20-16-12-15-19-28(40)24(3)21-29(48-10)36(45)25(4)31(42)38(9)35(36)27(6)49-33(35)44/h11-19,24-25,27-30,39-41,45-46H,20-21H2,1-10H3,(H,37,43)/b14-11+,16-12+,17-13+,19-15+,23-18-,26-22+/t24-,25+,27-,28+,29+,30-,35-,36-/m1/s1. The third kappa shape index (κ3) is 8.31. The average molecular weight is 690 g/mol. The van der Waals surface area contributed by atoms with Crippen molar-refractivity contribution in [3.05, 3.63) is 76.7 Å². The van der Waals surface area contributed by atoms with Crippen molar-refractivity contribution in [3.8, 4) is 0 Å². The number of cyclic esters (lactones) is 1. The molecule has 9 atom stereocenters. The molecule has 49 heavy (non-hydrogen) atoms. The van der Waals surface area contributed by atoms with Crippen molar-refractivity contribution in [2.45, 2.75) is 97.4 Å². The van der Waals surface area contributed by atoms with Crippen LogP contribution in [0.1, 0.15) is 61.8 Å². The lowest BCUT2D eigenvalue weighted by Gasteiger charge is -2.55. The molecule has 0 bridgehead atoms. The van der Waals surface area contributed by atoms with Crippen LogP contribution in [0.3, 0.4) is 0 Å². The van der Waals surface area contributed by atoms with Crippen LogP contribution in [0, 0.1) is 22.5 Å². The third-order valence-electron chi connectivity index (χ3n) is 10.1. The lowest BCUT2D eigenvalue weighted by atomic mass is 9.65. The Hall–Kier alpha value is -3.43. The Morgan fingerprint density at radius 2 is 1.78 bits per heavy atom. The molecule has 1 unspecified atom stereocenters. The highest BCUT2D eigenvalue weighted by Crippen LogP contribution is 2.54. The first kappa shape index (κ1) is 41.7. The fourth-order valence-electron chi connectivity index (χ4n) is 6.49. The van der Waals surface area contributed by atoms with Crippen molar-refractivity contribution in [2.24, 2.45) is 17.3 Å². The van der Waals surface area contributed by atoms with Gasteiger partial charge < -0.3 is 40.2 Å². The molecule has 2 heterocycles. The molecule has 0 aromatic carbocycles. The van der Waals surface area contributed by atoms with E-state index in [2.05, 4.69) is 5.32 Å². The highest BCUT2D eigenvalue weighted by Gasteiger charge is 2.80. The van der Waals surface area contributed by atoms with E-state index in [0.29, 0.717) is 11.1 Å². The first-order valence-corrected chi connectivity index (χ1v) is 16.4. The number of aliphatic hydroxyl groups excluding tert-OH is 2. The van der Waals surface area contributed by atoms with Crippen LogP contribution in [0.5, 0.6) is 0 Å². The van der Waals surface area contributed by atoms with Gasteiger partial charge in [-0.2, -0.15) is 5.23 Å². The number of hydroxylamine groups is 2. The molecule has 2 amide bonds. The van der Waals surface area contributed by atoms with Gasteiger partial charge in [-0.05, 0) is 52.5 Å².